The Morgan fingerprint density at radius 2 is 1.89 bits per heavy atom. The molecule has 0 saturated heterocycles. The lowest BCUT2D eigenvalue weighted by Gasteiger charge is -2.28. The van der Waals surface area contributed by atoms with Crippen LogP contribution in [0, 0.1) is 5.41 Å². The first kappa shape index (κ1) is 18.6. The van der Waals surface area contributed by atoms with Crippen molar-refractivity contribution in [3.63, 3.8) is 0 Å². The number of nitrogens with one attached hydrogen (secondary N) is 1. The van der Waals surface area contributed by atoms with E-state index in [9.17, 15) is 14.7 Å². The summed E-state index contributed by atoms with van der Waals surface area (Å²) >= 11 is 0. The Kier molecular flexibility index (Phi) is 4.99. The van der Waals surface area contributed by atoms with Crippen molar-refractivity contribution < 1.29 is 14.7 Å². The maximum atomic E-state index is 12.8. The molecule has 0 saturated carbocycles. The average molecular weight is 365 g/mol. The third-order valence-corrected chi connectivity index (χ3v) is 4.47. The molecule has 6 nitrogen and oxygen atoms in total. The Morgan fingerprint density at radius 3 is 2.52 bits per heavy atom. The molecular weight excluding hydrogens is 342 g/mol. The highest BCUT2D eigenvalue weighted by Gasteiger charge is 2.33. The molecule has 0 radical (unpaired) electrons. The van der Waals surface area contributed by atoms with Gasteiger partial charge in [-0.1, -0.05) is 51.1 Å². The van der Waals surface area contributed by atoms with E-state index in [4.69, 9.17) is 0 Å². The Balaban J connectivity index is 1.94. The molecule has 6 heteroatoms. The van der Waals surface area contributed by atoms with Gasteiger partial charge in [0, 0.05) is 24.5 Å². The summed E-state index contributed by atoms with van der Waals surface area (Å²) in [7, 11) is 0. The fraction of sp³-hybridized carbons (Fsp3) is 0.286. The highest BCUT2D eigenvalue weighted by atomic mass is 16.4. The molecule has 0 bridgehead atoms. The number of hydrogen-bond donors (Lipinski definition) is 2. The summed E-state index contributed by atoms with van der Waals surface area (Å²) in [6.07, 6.45) is 5.20. The first-order valence-corrected chi connectivity index (χ1v) is 8.77. The van der Waals surface area contributed by atoms with Crippen molar-refractivity contribution in [2.75, 3.05) is 0 Å². The first-order valence-electron chi connectivity index (χ1n) is 8.77. The van der Waals surface area contributed by atoms with E-state index >= 15 is 0 Å². The summed E-state index contributed by atoms with van der Waals surface area (Å²) in [6.45, 7) is 5.94. The van der Waals surface area contributed by atoms with E-state index in [0.717, 1.165) is 16.8 Å². The van der Waals surface area contributed by atoms with Gasteiger partial charge in [-0.05, 0) is 17.0 Å². The highest BCUT2D eigenvalue weighted by molar-refractivity contribution is 5.97. The maximum Gasteiger partial charge on any atom is 0.326 e. The first-order chi connectivity index (χ1) is 12.8. The lowest BCUT2D eigenvalue weighted by molar-refractivity contribution is -0.142. The van der Waals surface area contributed by atoms with E-state index in [1.54, 1.807) is 45.4 Å². The molecule has 0 aliphatic carbocycles. The zero-order valence-electron chi connectivity index (χ0n) is 15.6. The summed E-state index contributed by atoms with van der Waals surface area (Å²) in [5, 5.41) is 12.1. The zero-order valence-corrected chi connectivity index (χ0v) is 15.6. The van der Waals surface area contributed by atoms with Crippen molar-refractivity contribution in [2.24, 2.45) is 5.41 Å². The quantitative estimate of drug-likeness (QED) is 0.727. The van der Waals surface area contributed by atoms with Gasteiger partial charge >= 0.3 is 5.97 Å². The summed E-state index contributed by atoms with van der Waals surface area (Å²) in [4.78, 5) is 28.5. The minimum absolute atomic E-state index is 0.405. The van der Waals surface area contributed by atoms with Crippen LogP contribution in [0.25, 0.3) is 11.3 Å². The second kappa shape index (κ2) is 7.23. The van der Waals surface area contributed by atoms with E-state index in [2.05, 4.69) is 10.3 Å². The standard InChI is InChI=1S/C21H23N3O3/c1-21(2,3)18(20(26)27)23-19(25)16-9-15-10-22-11-17(15)24(13-16)12-14-7-5-4-6-8-14/h4-11,13,18H,12H2,1-3H3,(H,23,25)(H,26,27). The molecule has 2 heterocycles. The number of aromatic nitrogens is 2. The molecule has 2 aliphatic rings. The van der Waals surface area contributed by atoms with E-state index in [1.165, 1.54) is 0 Å². The molecule has 1 aromatic carbocycles. The van der Waals surface area contributed by atoms with Gasteiger partial charge in [0.05, 0.1) is 17.5 Å². The fourth-order valence-electron chi connectivity index (χ4n) is 3.02. The second-order valence-electron chi connectivity index (χ2n) is 7.70. The number of carbonyl (C=O) groups is 2. The van der Waals surface area contributed by atoms with Gasteiger partial charge in [0.15, 0.2) is 0 Å². The highest BCUT2D eigenvalue weighted by Crippen LogP contribution is 2.25. The van der Waals surface area contributed by atoms with Gasteiger partial charge < -0.3 is 15.0 Å². The van der Waals surface area contributed by atoms with Crippen LogP contribution in [0.4, 0.5) is 0 Å². The van der Waals surface area contributed by atoms with Crippen LogP contribution in [-0.2, 0) is 11.3 Å². The molecule has 2 N–H and O–H groups in total. The van der Waals surface area contributed by atoms with E-state index in [-0.39, 0.29) is 0 Å². The number of pyridine rings is 1. The number of fused-ring (bicyclic) bond motifs is 1. The van der Waals surface area contributed by atoms with Crippen LogP contribution in [0.15, 0.2) is 55.0 Å². The fourth-order valence-corrected chi connectivity index (χ4v) is 3.02. The lowest BCUT2D eigenvalue weighted by atomic mass is 9.86. The zero-order chi connectivity index (χ0) is 19.6. The van der Waals surface area contributed by atoms with Crippen molar-refractivity contribution in [1.82, 2.24) is 14.9 Å². The number of amides is 1. The second-order valence-corrected chi connectivity index (χ2v) is 7.70. The molecule has 0 aromatic heterocycles. The SMILES string of the molecule is CC(C)(C)C(NC(=O)c1cc2cncc-2n(Cc2ccccc2)c1)C(=O)O. The third-order valence-electron chi connectivity index (χ3n) is 4.47. The van der Waals surface area contributed by atoms with Gasteiger partial charge in [0.2, 0.25) is 0 Å². The molecule has 1 aromatic rings. The number of carboxylic acids is 1. The number of rotatable bonds is 5. The Morgan fingerprint density at radius 1 is 1.19 bits per heavy atom. The predicted octanol–water partition coefficient (Wildman–Crippen LogP) is 3.27. The molecule has 2 aliphatic heterocycles. The molecular formula is C21H23N3O3. The molecule has 1 atom stereocenters. The summed E-state index contributed by atoms with van der Waals surface area (Å²) < 4.78 is 1.96. The summed E-state index contributed by atoms with van der Waals surface area (Å²) in [5.74, 6) is -1.47. The van der Waals surface area contributed by atoms with Crippen LogP contribution in [0.5, 0.6) is 0 Å². The van der Waals surface area contributed by atoms with Gasteiger partial charge in [-0.2, -0.15) is 0 Å². The summed E-state index contributed by atoms with van der Waals surface area (Å²) in [6, 6.07) is 10.7. The Labute approximate surface area is 158 Å². The topological polar surface area (TPSA) is 84.2 Å². The molecule has 140 valence electrons. The van der Waals surface area contributed by atoms with Crippen LogP contribution in [0.2, 0.25) is 0 Å². The van der Waals surface area contributed by atoms with Crippen LogP contribution >= 0.6 is 0 Å². The molecule has 27 heavy (non-hydrogen) atoms. The minimum atomic E-state index is -1.05. The van der Waals surface area contributed by atoms with Crippen molar-refractivity contribution in [3.05, 3.63) is 66.1 Å². The van der Waals surface area contributed by atoms with Gasteiger partial charge in [-0.25, -0.2) is 4.79 Å². The largest absolute Gasteiger partial charge is 0.480 e. The van der Waals surface area contributed by atoms with Crippen LogP contribution < -0.4 is 5.32 Å². The number of benzene rings is 1. The van der Waals surface area contributed by atoms with E-state index in [0.29, 0.717) is 12.1 Å². The molecule has 1 amide bonds. The summed E-state index contributed by atoms with van der Waals surface area (Å²) in [5.41, 5.74) is 2.65. The molecule has 3 rings (SSSR count). The Bertz CT molecular complexity index is 925. The van der Waals surface area contributed by atoms with Crippen molar-refractivity contribution in [1.29, 1.82) is 0 Å². The van der Waals surface area contributed by atoms with Gasteiger partial charge in [0.1, 0.15) is 6.04 Å². The average Bonchev–Trinajstić information content (AvgIpc) is 3.08. The monoisotopic (exact) mass is 365 g/mol. The maximum absolute atomic E-state index is 12.8. The van der Waals surface area contributed by atoms with Crippen molar-refractivity contribution >= 4 is 11.9 Å². The third kappa shape index (κ3) is 4.16. The smallest absolute Gasteiger partial charge is 0.326 e. The van der Waals surface area contributed by atoms with Crippen LogP contribution in [0.1, 0.15) is 36.7 Å². The van der Waals surface area contributed by atoms with Crippen molar-refractivity contribution in [2.45, 2.75) is 33.4 Å². The predicted molar refractivity (Wildman–Crippen MR) is 103 cm³/mol. The van der Waals surface area contributed by atoms with Crippen LogP contribution in [-0.4, -0.2) is 32.6 Å². The molecule has 0 fully saturated rings. The molecule has 0 spiro atoms. The number of nitrogens with zero attached hydrogens (tertiary/aromatic N) is 2. The van der Waals surface area contributed by atoms with E-state index in [1.807, 2.05) is 34.9 Å². The van der Waals surface area contributed by atoms with Crippen molar-refractivity contribution in [3.8, 4) is 11.3 Å². The van der Waals surface area contributed by atoms with Crippen LogP contribution in [0.3, 0.4) is 0 Å². The molecule has 1 unspecified atom stereocenters. The number of carboxylic acid groups (broad SMARTS) is 1. The van der Waals surface area contributed by atoms with Gasteiger partial charge in [0.25, 0.3) is 5.91 Å². The van der Waals surface area contributed by atoms with Gasteiger partial charge in [-0.3, -0.25) is 9.78 Å². The van der Waals surface area contributed by atoms with E-state index < -0.39 is 23.3 Å². The minimum Gasteiger partial charge on any atom is -0.480 e. The number of aliphatic carboxylic acids is 1. The number of hydrogen-bond acceptors (Lipinski definition) is 3. The Hall–Kier alpha value is -3.15. The van der Waals surface area contributed by atoms with Gasteiger partial charge in [-0.15, -0.1) is 0 Å². The lowest BCUT2D eigenvalue weighted by Crippen LogP contribution is -2.49. The number of carbonyl (C=O) groups excluding carboxylic acids is 1. The normalized spacial score (nSPS) is 12.7.